The fourth-order valence-corrected chi connectivity index (χ4v) is 1.48. The van der Waals surface area contributed by atoms with Gasteiger partial charge in [0.2, 0.25) is 5.91 Å². The van der Waals surface area contributed by atoms with Crippen LogP contribution in [-0.2, 0) is 16.0 Å². The van der Waals surface area contributed by atoms with Crippen molar-refractivity contribution in [3.05, 3.63) is 35.4 Å². The van der Waals surface area contributed by atoms with E-state index in [-0.39, 0.29) is 5.91 Å². The zero-order chi connectivity index (χ0) is 12.5. The first-order valence-corrected chi connectivity index (χ1v) is 6.22. The standard InChI is InChI=1S/C13H18ClNO2/c1-11-2-4-12(5-3-11)10-13(16)15-7-9-17-8-6-14/h2-5H,6-10H2,1H3,(H,15,16). The molecule has 4 heteroatoms. The zero-order valence-corrected chi connectivity index (χ0v) is 10.8. The van der Waals surface area contributed by atoms with Crippen molar-refractivity contribution in [1.29, 1.82) is 0 Å². The summed E-state index contributed by atoms with van der Waals surface area (Å²) < 4.78 is 5.15. The Hall–Kier alpha value is -1.06. The third kappa shape index (κ3) is 6.29. The molecule has 0 aromatic heterocycles. The van der Waals surface area contributed by atoms with Gasteiger partial charge in [0, 0.05) is 12.4 Å². The minimum absolute atomic E-state index is 0.0170. The van der Waals surface area contributed by atoms with Crippen molar-refractivity contribution in [3.63, 3.8) is 0 Å². The van der Waals surface area contributed by atoms with Crippen LogP contribution in [0.15, 0.2) is 24.3 Å². The lowest BCUT2D eigenvalue weighted by atomic mass is 10.1. The van der Waals surface area contributed by atoms with Crippen molar-refractivity contribution in [2.75, 3.05) is 25.6 Å². The van der Waals surface area contributed by atoms with Gasteiger partial charge in [-0.15, -0.1) is 11.6 Å². The van der Waals surface area contributed by atoms with Gasteiger partial charge in [0.05, 0.1) is 19.6 Å². The molecule has 0 bridgehead atoms. The molecule has 1 rings (SSSR count). The average molecular weight is 256 g/mol. The Labute approximate surface area is 107 Å². The average Bonchev–Trinajstić information content (AvgIpc) is 2.32. The Morgan fingerprint density at radius 2 is 2.00 bits per heavy atom. The highest BCUT2D eigenvalue weighted by atomic mass is 35.5. The lowest BCUT2D eigenvalue weighted by Gasteiger charge is -2.05. The molecular weight excluding hydrogens is 238 g/mol. The van der Waals surface area contributed by atoms with Crippen LogP contribution in [-0.4, -0.2) is 31.5 Å². The van der Waals surface area contributed by atoms with Gasteiger partial charge in [0.15, 0.2) is 0 Å². The number of halogens is 1. The molecule has 0 saturated carbocycles. The second-order valence-electron chi connectivity index (χ2n) is 3.81. The first-order chi connectivity index (χ1) is 8.22. The van der Waals surface area contributed by atoms with E-state index in [9.17, 15) is 4.79 Å². The molecule has 0 saturated heterocycles. The van der Waals surface area contributed by atoms with Crippen molar-refractivity contribution >= 4 is 17.5 Å². The van der Waals surface area contributed by atoms with Gasteiger partial charge in [0.1, 0.15) is 0 Å². The summed E-state index contributed by atoms with van der Waals surface area (Å²) in [4.78, 5) is 11.5. The number of ether oxygens (including phenoxy) is 1. The van der Waals surface area contributed by atoms with Gasteiger partial charge in [-0.25, -0.2) is 0 Å². The highest BCUT2D eigenvalue weighted by Gasteiger charge is 2.02. The summed E-state index contributed by atoms with van der Waals surface area (Å²) in [5.74, 6) is 0.500. The van der Waals surface area contributed by atoms with Gasteiger partial charge < -0.3 is 10.1 Å². The maximum atomic E-state index is 11.5. The highest BCUT2D eigenvalue weighted by molar-refractivity contribution is 6.17. The maximum absolute atomic E-state index is 11.5. The summed E-state index contributed by atoms with van der Waals surface area (Å²) in [6.07, 6.45) is 0.412. The SMILES string of the molecule is Cc1ccc(CC(=O)NCCOCCCl)cc1. The largest absolute Gasteiger partial charge is 0.378 e. The van der Waals surface area contributed by atoms with Crippen LogP contribution in [0.2, 0.25) is 0 Å². The van der Waals surface area contributed by atoms with Crippen LogP contribution in [0.1, 0.15) is 11.1 Å². The molecule has 0 aliphatic rings. The highest BCUT2D eigenvalue weighted by Crippen LogP contribution is 2.03. The van der Waals surface area contributed by atoms with E-state index < -0.39 is 0 Å². The summed E-state index contributed by atoms with van der Waals surface area (Å²) >= 11 is 5.45. The smallest absolute Gasteiger partial charge is 0.224 e. The molecule has 94 valence electrons. The van der Waals surface area contributed by atoms with Crippen LogP contribution in [0.3, 0.4) is 0 Å². The van der Waals surface area contributed by atoms with Crippen LogP contribution in [0, 0.1) is 6.92 Å². The van der Waals surface area contributed by atoms with Crippen molar-refractivity contribution < 1.29 is 9.53 Å². The van der Waals surface area contributed by atoms with Gasteiger partial charge in [-0.2, -0.15) is 0 Å². The second-order valence-corrected chi connectivity index (χ2v) is 4.19. The fraction of sp³-hybridized carbons (Fsp3) is 0.462. The Morgan fingerprint density at radius 3 is 2.65 bits per heavy atom. The number of carbonyl (C=O) groups is 1. The van der Waals surface area contributed by atoms with E-state index in [4.69, 9.17) is 16.3 Å². The first-order valence-electron chi connectivity index (χ1n) is 5.68. The fourth-order valence-electron chi connectivity index (χ4n) is 1.37. The number of amides is 1. The Bertz CT molecular complexity index is 338. The number of hydrogen-bond acceptors (Lipinski definition) is 2. The second kappa shape index (κ2) is 8.09. The lowest BCUT2D eigenvalue weighted by molar-refractivity contribution is -0.120. The van der Waals surface area contributed by atoms with E-state index >= 15 is 0 Å². The third-order valence-corrected chi connectivity index (χ3v) is 2.43. The monoisotopic (exact) mass is 255 g/mol. The molecule has 3 nitrogen and oxygen atoms in total. The van der Waals surface area contributed by atoms with E-state index in [0.29, 0.717) is 32.1 Å². The van der Waals surface area contributed by atoms with Gasteiger partial charge in [-0.3, -0.25) is 4.79 Å². The molecular formula is C13H18ClNO2. The van der Waals surface area contributed by atoms with E-state index in [1.807, 2.05) is 31.2 Å². The molecule has 0 aliphatic carbocycles. The summed E-state index contributed by atoms with van der Waals surface area (Å²) in [6, 6.07) is 7.95. The van der Waals surface area contributed by atoms with Crippen LogP contribution in [0.25, 0.3) is 0 Å². The lowest BCUT2D eigenvalue weighted by Crippen LogP contribution is -2.28. The third-order valence-electron chi connectivity index (χ3n) is 2.28. The number of alkyl halides is 1. The quantitative estimate of drug-likeness (QED) is 0.597. The molecule has 0 radical (unpaired) electrons. The Morgan fingerprint density at radius 1 is 1.29 bits per heavy atom. The van der Waals surface area contributed by atoms with E-state index in [0.717, 1.165) is 5.56 Å². The van der Waals surface area contributed by atoms with Gasteiger partial charge in [-0.1, -0.05) is 29.8 Å². The van der Waals surface area contributed by atoms with Crippen LogP contribution in [0.4, 0.5) is 0 Å². The van der Waals surface area contributed by atoms with Gasteiger partial charge in [-0.05, 0) is 12.5 Å². The van der Waals surface area contributed by atoms with Crippen molar-refractivity contribution in [1.82, 2.24) is 5.32 Å². The van der Waals surface area contributed by atoms with Gasteiger partial charge >= 0.3 is 0 Å². The molecule has 0 spiro atoms. The predicted molar refractivity (Wildman–Crippen MR) is 69.4 cm³/mol. The molecule has 0 aliphatic heterocycles. The molecule has 0 heterocycles. The van der Waals surface area contributed by atoms with Gasteiger partial charge in [0.25, 0.3) is 0 Å². The zero-order valence-electron chi connectivity index (χ0n) is 10.0. The minimum atomic E-state index is 0.0170. The van der Waals surface area contributed by atoms with Crippen molar-refractivity contribution in [2.24, 2.45) is 0 Å². The molecule has 1 N–H and O–H groups in total. The topological polar surface area (TPSA) is 38.3 Å². The number of nitrogens with one attached hydrogen (secondary N) is 1. The maximum Gasteiger partial charge on any atom is 0.224 e. The number of benzene rings is 1. The summed E-state index contributed by atoms with van der Waals surface area (Å²) in [7, 11) is 0. The number of rotatable bonds is 7. The van der Waals surface area contributed by atoms with Crippen molar-refractivity contribution in [2.45, 2.75) is 13.3 Å². The van der Waals surface area contributed by atoms with E-state index in [1.54, 1.807) is 0 Å². The molecule has 0 atom stereocenters. The summed E-state index contributed by atoms with van der Waals surface area (Å²) in [5, 5.41) is 2.80. The normalized spacial score (nSPS) is 10.2. The first kappa shape index (κ1) is 14.0. The molecule has 17 heavy (non-hydrogen) atoms. The van der Waals surface area contributed by atoms with Crippen LogP contribution in [0.5, 0.6) is 0 Å². The van der Waals surface area contributed by atoms with E-state index in [1.165, 1.54) is 5.56 Å². The minimum Gasteiger partial charge on any atom is -0.378 e. The number of aryl methyl sites for hydroxylation is 1. The molecule has 0 unspecified atom stereocenters. The van der Waals surface area contributed by atoms with Crippen LogP contribution < -0.4 is 5.32 Å². The Balaban J connectivity index is 2.18. The van der Waals surface area contributed by atoms with E-state index in [2.05, 4.69) is 5.32 Å². The van der Waals surface area contributed by atoms with Crippen LogP contribution >= 0.6 is 11.6 Å². The summed E-state index contributed by atoms with van der Waals surface area (Å²) in [6.45, 7) is 3.58. The molecule has 1 aromatic rings. The molecule has 1 aromatic carbocycles. The molecule has 0 fully saturated rings. The number of carbonyl (C=O) groups excluding carboxylic acids is 1. The predicted octanol–water partition coefficient (Wildman–Crippen LogP) is 1.91. The number of hydrogen-bond donors (Lipinski definition) is 1. The van der Waals surface area contributed by atoms with Crippen molar-refractivity contribution in [3.8, 4) is 0 Å². The Kier molecular flexibility index (Phi) is 6.67. The summed E-state index contributed by atoms with van der Waals surface area (Å²) in [5.41, 5.74) is 2.22. The molecule has 1 amide bonds.